The second kappa shape index (κ2) is 4.30. The largest absolute Gasteiger partial charge is 0.481 e. The first-order valence-corrected chi connectivity index (χ1v) is 5.38. The van der Waals surface area contributed by atoms with Crippen LogP contribution < -0.4 is 0 Å². The van der Waals surface area contributed by atoms with Crippen LogP contribution in [0.5, 0.6) is 0 Å². The van der Waals surface area contributed by atoms with Crippen LogP contribution in [0.2, 0.25) is 0 Å². The summed E-state index contributed by atoms with van der Waals surface area (Å²) < 4.78 is 0. The Balaban J connectivity index is 2.68. The van der Waals surface area contributed by atoms with E-state index in [2.05, 4.69) is 25.8 Å². The zero-order chi connectivity index (χ0) is 10.8. The van der Waals surface area contributed by atoms with Crippen molar-refractivity contribution >= 4 is 5.97 Å². The van der Waals surface area contributed by atoms with Crippen molar-refractivity contribution in [3.05, 3.63) is 0 Å². The first-order valence-electron chi connectivity index (χ1n) is 5.38. The van der Waals surface area contributed by atoms with E-state index >= 15 is 0 Å². The van der Waals surface area contributed by atoms with Crippen LogP contribution in [0.15, 0.2) is 0 Å². The van der Waals surface area contributed by atoms with Crippen molar-refractivity contribution in [2.45, 2.75) is 33.1 Å². The highest BCUT2D eigenvalue weighted by Crippen LogP contribution is 2.37. The zero-order valence-electron chi connectivity index (χ0n) is 9.42. The minimum Gasteiger partial charge on any atom is -0.481 e. The summed E-state index contributed by atoms with van der Waals surface area (Å²) in [5.74, 6) is -0.131. The summed E-state index contributed by atoms with van der Waals surface area (Å²) in [4.78, 5) is 13.5. The molecule has 0 aromatic carbocycles. The van der Waals surface area contributed by atoms with E-state index in [1.807, 2.05) is 0 Å². The molecule has 1 fully saturated rings. The van der Waals surface area contributed by atoms with E-state index in [9.17, 15) is 9.90 Å². The maximum atomic E-state index is 11.3. The van der Waals surface area contributed by atoms with Crippen LogP contribution in [0.25, 0.3) is 0 Å². The summed E-state index contributed by atoms with van der Waals surface area (Å²) in [6, 6.07) is 0. The molecule has 3 nitrogen and oxygen atoms in total. The summed E-state index contributed by atoms with van der Waals surface area (Å²) in [7, 11) is 2.06. The normalized spacial score (nSPS) is 22.6. The second-order valence-electron chi connectivity index (χ2n) is 4.99. The lowest BCUT2D eigenvalue weighted by Gasteiger charge is -2.38. The third kappa shape index (κ3) is 2.47. The van der Waals surface area contributed by atoms with Crippen LogP contribution in [-0.4, -0.2) is 36.1 Å². The lowest BCUT2D eigenvalue weighted by molar-refractivity contribution is -0.153. The van der Waals surface area contributed by atoms with Gasteiger partial charge in [-0.25, -0.2) is 0 Å². The van der Waals surface area contributed by atoms with E-state index in [4.69, 9.17) is 0 Å². The standard InChI is InChI=1S/C11H21NO2/c1-9(2)8-11(10(13)14)4-6-12(3)7-5-11/h9H,4-8H2,1-3H3,(H,13,14). The molecule has 1 saturated heterocycles. The Kier molecular flexibility index (Phi) is 3.53. The topological polar surface area (TPSA) is 40.5 Å². The number of nitrogens with zero attached hydrogens (tertiary/aromatic N) is 1. The predicted octanol–water partition coefficient (Wildman–Crippen LogP) is 1.83. The molecular formula is C11H21NO2. The molecule has 82 valence electrons. The van der Waals surface area contributed by atoms with Gasteiger partial charge in [-0.3, -0.25) is 4.79 Å². The Bertz CT molecular complexity index is 205. The van der Waals surface area contributed by atoms with Gasteiger partial charge >= 0.3 is 5.97 Å². The molecular weight excluding hydrogens is 178 g/mol. The highest BCUT2D eigenvalue weighted by atomic mass is 16.4. The number of carboxylic acid groups (broad SMARTS) is 1. The van der Waals surface area contributed by atoms with Crippen LogP contribution in [0.1, 0.15) is 33.1 Å². The van der Waals surface area contributed by atoms with Gasteiger partial charge in [0.25, 0.3) is 0 Å². The maximum absolute atomic E-state index is 11.3. The van der Waals surface area contributed by atoms with Crippen molar-refractivity contribution < 1.29 is 9.90 Å². The van der Waals surface area contributed by atoms with Crippen LogP contribution in [0.4, 0.5) is 0 Å². The molecule has 0 spiro atoms. The predicted molar refractivity (Wildman–Crippen MR) is 56.3 cm³/mol. The Morgan fingerprint density at radius 3 is 2.29 bits per heavy atom. The van der Waals surface area contributed by atoms with Crippen molar-refractivity contribution in [3.63, 3.8) is 0 Å². The molecule has 0 aromatic rings. The second-order valence-corrected chi connectivity index (χ2v) is 4.99. The molecule has 1 rings (SSSR count). The van der Waals surface area contributed by atoms with E-state index in [1.165, 1.54) is 0 Å². The van der Waals surface area contributed by atoms with Crippen molar-refractivity contribution in [3.8, 4) is 0 Å². The first-order chi connectivity index (χ1) is 6.46. The number of carboxylic acids is 1. The molecule has 0 unspecified atom stereocenters. The smallest absolute Gasteiger partial charge is 0.309 e. The molecule has 0 amide bonds. The third-order valence-corrected chi connectivity index (χ3v) is 3.20. The van der Waals surface area contributed by atoms with E-state index in [0.717, 1.165) is 32.4 Å². The Hall–Kier alpha value is -0.570. The molecule has 0 bridgehead atoms. The summed E-state index contributed by atoms with van der Waals surface area (Å²) in [5, 5.41) is 9.31. The molecule has 0 radical (unpaired) electrons. The highest BCUT2D eigenvalue weighted by Gasteiger charge is 2.40. The number of likely N-dealkylation sites (tertiary alicyclic amines) is 1. The van der Waals surface area contributed by atoms with Gasteiger partial charge in [-0.1, -0.05) is 13.8 Å². The molecule has 0 saturated carbocycles. The van der Waals surface area contributed by atoms with Gasteiger partial charge in [-0.05, 0) is 45.3 Å². The third-order valence-electron chi connectivity index (χ3n) is 3.20. The molecule has 0 aliphatic carbocycles. The van der Waals surface area contributed by atoms with Crippen LogP contribution in [0.3, 0.4) is 0 Å². The highest BCUT2D eigenvalue weighted by molar-refractivity contribution is 5.74. The van der Waals surface area contributed by atoms with E-state index < -0.39 is 11.4 Å². The van der Waals surface area contributed by atoms with Crippen LogP contribution in [-0.2, 0) is 4.79 Å². The Morgan fingerprint density at radius 2 is 1.93 bits per heavy atom. The monoisotopic (exact) mass is 199 g/mol. The summed E-state index contributed by atoms with van der Waals surface area (Å²) in [6.45, 7) is 6.03. The van der Waals surface area contributed by atoms with Gasteiger partial charge in [0, 0.05) is 0 Å². The number of hydrogen-bond donors (Lipinski definition) is 1. The maximum Gasteiger partial charge on any atom is 0.309 e. The number of carbonyl (C=O) groups is 1. The van der Waals surface area contributed by atoms with Crippen molar-refractivity contribution in [2.75, 3.05) is 20.1 Å². The molecule has 1 aliphatic heterocycles. The lowest BCUT2D eigenvalue weighted by atomic mass is 9.73. The van der Waals surface area contributed by atoms with Gasteiger partial charge in [0.2, 0.25) is 0 Å². The van der Waals surface area contributed by atoms with E-state index in [-0.39, 0.29) is 0 Å². The summed E-state index contributed by atoms with van der Waals surface area (Å²) in [6.07, 6.45) is 2.42. The van der Waals surface area contributed by atoms with Crippen LogP contribution in [0, 0.1) is 11.3 Å². The van der Waals surface area contributed by atoms with Crippen molar-refractivity contribution in [2.24, 2.45) is 11.3 Å². The fourth-order valence-electron chi connectivity index (χ4n) is 2.33. The molecule has 1 heterocycles. The lowest BCUT2D eigenvalue weighted by Crippen LogP contribution is -2.43. The molecule has 1 N–H and O–H groups in total. The Morgan fingerprint density at radius 1 is 1.43 bits per heavy atom. The summed E-state index contributed by atoms with van der Waals surface area (Å²) >= 11 is 0. The van der Waals surface area contributed by atoms with Gasteiger partial charge < -0.3 is 10.0 Å². The average molecular weight is 199 g/mol. The van der Waals surface area contributed by atoms with Crippen molar-refractivity contribution in [1.82, 2.24) is 4.90 Å². The minimum atomic E-state index is -0.598. The van der Waals surface area contributed by atoms with E-state index in [1.54, 1.807) is 0 Å². The molecule has 0 atom stereocenters. The van der Waals surface area contributed by atoms with Gasteiger partial charge in [0.1, 0.15) is 0 Å². The zero-order valence-corrected chi connectivity index (χ0v) is 9.42. The van der Waals surface area contributed by atoms with Gasteiger partial charge in [0.15, 0.2) is 0 Å². The van der Waals surface area contributed by atoms with Crippen molar-refractivity contribution in [1.29, 1.82) is 0 Å². The quantitative estimate of drug-likeness (QED) is 0.754. The van der Waals surface area contributed by atoms with Gasteiger partial charge in [0.05, 0.1) is 5.41 Å². The van der Waals surface area contributed by atoms with Gasteiger partial charge in [-0.15, -0.1) is 0 Å². The molecule has 1 aliphatic rings. The SMILES string of the molecule is CC(C)CC1(C(=O)O)CCN(C)CC1. The van der Waals surface area contributed by atoms with E-state index in [0.29, 0.717) is 5.92 Å². The number of piperidine rings is 1. The average Bonchev–Trinajstić information content (AvgIpc) is 2.08. The number of rotatable bonds is 3. The molecule has 3 heteroatoms. The minimum absolute atomic E-state index is 0.444. The molecule has 0 aromatic heterocycles. The van der Waals surface area contributed by atoms with Crippen LogP contribution >= 0.6 is 0 Å². The summed E-state index contributed by atoms with van der Waals surface area (Å²) in [5.41, 5.74) is -0.444. The fourth-order valence-corrected chi connectivity index (χ4v) is 2.33. The Labute approximate surface area is 86.1 Å². The fraction of sp³-hybridized carbons (Fsp3) is 0.909. The molecule has 14 heavy (non-hydrogen) atoms. The van der Waals surface area contributed by atoms with Gasteiger partial charge in [-0.2, -0.15) is 0 Å². The number of hydrogen-bond acceptors (Lipinski definition) is 2. The number of aliphatic carboxylic acids is 1. The first kappa shape index (κ1) is 11.5.